The lowest BCUT2D eigenvalue weighted by Crippen LogP contribution is -1.96. The molecule has 0 radical (unpaired) electrons. The maximum absolute atomic E-state index is 11.2. The van der Waals surface area contributed by atoms with Crippen LogP contribution in [-0.4, -0.2) is 19.7 Å². The van der Waals surface area contributed by atoms with Gasteiger partial charge in [0.15, 0.2) is 0 Å². The molecule has 0 spiro atoms. The van der Waals surface area contributed by atoms with Crippen molar-refractivity contribution >= 4 is 51.9 Å². The Kier molecular flexibility index (Phi) is 5.05. The maximum Gasteiger partial charge on any atom is 0.278 e. The molecule has 0 aliphatic heterocycles. The predicted octanol–water partition coefficient (Wildman–Crippen LogP) is 6.11. The van der Waals surface area contributed by atoms with Gasteiger partial charge in [0.25, 0.3) is 5.69 Å². The molecule has 2 heterocycles. The molecule has 0 atom stereocenters. The number of aromatic nitrogens is 3. The van der Waals surface area contributed by atoms with Crippen LogP contribution in [0, 0.1) is 17.0 Å². The number of hydrogen-bond acceptors (Lipinski definition) is 4. The van der Waals surface area contributed by atoms with Gasteiger partial charge in [-0.15, -0.1) is 0 Å². The quantitative estimate of drug-likeness (QED) is 0.292. The predicted molar refractivity (Wildman–Crippen MR) is 116 cm³/mol. The van der Waals surface area contributed by atoms with Gasteiger partial charge in [-0.25, -0.2) is 9.67 Å². The number of aryl methyl sites for hydroxylation is 1. The van der Waals surface area contributed by atoms with Gasteiger partial charge in [-0.2, -0.15) is 5.10 Å². The molecule has 0 fully saturated rings. The van der Waals surface area contributed by atoms with Crippen molar-refractivity contribution in [2.45, 2.75) is 6.92 Å². The van der Waals surface area contributed by atoms with Crippen molar-refractivity contribution in [3.8, 4) is 5.69 Å². The average molecular weight is 425 g/mol. The van der Waals surface area contributed by atoms with Crippen LogP contribution < -0.4 is 0 Å². The van der Waals surface area contributed by atoms with Gasteiger partial charge in [-0.05, 0) is 55.5 Å². The monoisotopic (exact) mass is 424 g/mol. The summed E-state index contributed by atoms with van der Waals surface area (Å²) in [5.74, 6) is 0. The number of halogens is 2. The van der Waals surface area contributed by atoms with Crippen LogP contribution in [0.3, 0.4) is 0 Å². The molecular weight excluding hydrogens is 411 g/mol. The summed E-state index contributed by atoms with van der Waals surface area (Å²) in [5.41, 5.74) is 3.52. The Morgan fingerprint density at radius 1 is 1.07 bits per heavy atom. The summed E-state index contributed by atoms with van der Waals surface area (Å²) in [6.07, 6.45) is 3.63. The topological polar surface area (TPSA) is 73.8 Å². The summed E-state index contributed by atoms with van der Waals surface area (Å²) in [4.78, 5) is 15.2. The van der Waals surface area contributed by atoms with E-state index in [1.807, 2.05) is 25.1 Å². The SMILES string of the molecule is Cc1nn(-c2cccc(Cl)c2)c(Cl)c1C=Cc1ccc2c([N+](=O)[O-])cccc2n1. The Morgan fingerprint density at radius 3 is 2.62 bits per heavy atom. The second kappa shape index (κ2) is 7.66. The third-order valence-corrected chi connectivity index (χ3v) is 5.05. The van der Waals surface area contributed by atoms with Crippen LogP contribution in [-0.2, 0) is 0 Å². The molecule has 0 amide bonds. The first kappa shape index (κ1) is 19.1. The number of nitro groups is 1. The molecular formula is C21H14Cl2N4O2. The van der Waals surface area contributed by atoms with E-state index in [0.717, 1.165) is 16.9 Å². The number of rotatable bonds is 4. The summed E-state index contributed by atoms with van der Waals surface area (Å²) in [6, 6.07) is 15.5. The van der Waals surface area contributed by atoms with Crippen molar-refractivity contribution in [1.82, 2.24) is 14.8 Å². The summed E-state index contributed by atoms with van der Waals surface area (Å²) in [6.45, 7) is 1.86. The van der Waals surface area contributed by atoms with Crippen molar-refractivity contribution in [2.24, 2.45) is 0 Å². The lowest BCUT2D eigenvalue weighted by Gasteiger charge is -2.03. The number of nitro benzene ring substituents is 1. The molecule has 8 heteroatoms. The van der Waals surface area contributed by atoms with E-state index >= 15 is 0 Å². The van der Waals surface area contributed by atoms with E-state index in [1.54, 1.807) is 47.2 Å². The van der Waals surface area contributed by atoms with Crippen LogP contribution in [0.4, 0.5) is 5.69 Å². The molecule has 4 rings (SSSR count). The molecule has 6 nitrogen and oxygen atoms in total. The van der Waals surface area contributed by atoms with E-state index in [0.29, 0.717) is 26.8 Å². The summed E-state index contributed by atoms with van der Waals surface area (Å²) in [7, 11) is 0. The third-order valence-electron chi connectivity index (χ3n) is 4.45. The molecule has 0 saturated carbocycles. The largest absolute Gasteiger partial charge is 0.278 e. The first-order chi connectivity index (χ1) is 13.9. The van der Waals surface area contributed by atoms with Gasteiger partial charge in [-0.3, -0.25) is 10.1 Å². The van der Waals surface area contributed by atoms with Crippen LogP contribution in [0.15, 0.2) is 54.6 Å². The summed E-state index contributed by atoms with van der Waals surface area (Å²) >= 11 is 12.6. The summed E-state index contributed by atoms with van der Waals surface area (Å²) < 4.78 is 1.62. The minimum absolute atomic E-state index is 0.0345. The average Bonchev–Trinajstić information content (AvgIpc) is 2.99. The van der Waals surface area contributed by atoms with Gasteiger partial charge in [0.05, 0.1) is 32.9 Å². The van der Waals surface area contributed by atoms with E-state index in [9.17, 15) is 10.1 Å². The van der Waals surface area contributed by atoms with E-state index in [1.165, 1.54) is 6.07 Å². The van der Waals surface area contributed by atoms with Crippen molar-refractivity contribution in [3.05, 3.63) is 91.8 Å². The fraction of sp³-hybridized carbons (Fsp3) is 0.0476. The van der Waals surface area contributed by atoms with E-state index < -0.39 is 4.92 Å². The Balaban J connectivity index is 1.70. The number of non-ortho nitro benzene ring substituents is 1. The van der Waals surface area contributed by atoms with Crippen LogP contribution in [0.25, 0.3) is 28.7 Å². The van der Waals surface area contributed by atoms with E-state index in [2.05, 4.69) is 10.1 Å². The zero-order chi connectivity index (χ0) is 20.5. The molecule has 0 aliphatic carbocycles. The standard InChI is InChI=1S/C21H14Cl2N4O2/c1-13-17(21(23)26(25-13)16-5-2-4-14(22)12-16)10-8-15-9-11-18-19(24-15)6-3-7-20(18)27(28)29/h2-12H,1H3. The highest BCUT2D eigenvalue weighted by Gasteiger charge is 2.14. The van der Waals surface area contributed by atoms with Gasteiger partial charge in [0, 0.05) is 16.7 Å². The molecule has 0 bridgehead atoms. The lowest BCUT2D eigenvalue weighted by molar-refractivity contribution is -0.383. The van der Waals surface area contributed by atoms with Crippen LogP contribution >= 0.6 is 23.2 Å². The number of nitrogens with zero attached hydrogens (tertiary/aromatic N) is 4. The van der Waals surface area contributed by atoms with Gasteiger partial charge in [-0.1, -0.05) is 35.3 Å². The molecule has 0 unspecified atom stereocenters. The molecule has 2 aromatic carbocycles. The summed E-state index contributed by atoms with van der Waals surface area (Å²) in [5, 5.41) is 17.2. The molecule has 4 aromatic rings. The van der Waals surface area contributed by atoms with Crippen LogP contribution in [0.2, 0.25) is 10.2 Å². The highest BCUT2D eigenvalue weighted by Crippen LogP contribution is 2.28. The first-order valence-electron chi connectivity index (χ1n) is 8.67. The van der Waals surface area contributed by atoms with E-state index in [4.69, 9.17) is 23.2 Å². The molecule has 0 saturated heterocycles. The second-order valence-corrected chi connectivity index (χ2v) is 7.15. The Hall–Kier alpha value is -3.22. The van der Waals surface area contributed by atoms with Crippen LogP contribution in [0.5, 0.6) is 0 Å². The normalized spacial score (nSPS) is 11.4. The molecule has 29 heavy (non-hydrogen) atoms. The van der Waals surface area contributed by atoms with Crippen molar-refractivity contribution in [2.75, 3.05) is 0 Å². The van der Waals surface area contributed by atoms with Gasteiger partial charge >= 0.3 is 0 Å². The van der Waals surface area contributed by atoms with E-state index in [-0.39, 0.29) is 5.69 Å². The second-order valence-electron chi connectivity index (χ2n) is 6.35. The minimum atomic E-state index is -0.410. The Bertz CT molecular complexity index is 1280. The number of fused-ring (bicyclic) bond motifs is 1. The van der Waals surface area contributed by atoms with Crippen molar-refractivity contribution < 1.29 is 4.92 Å². The van der Waals surface area contributed by atoms with Gasteiger partial charge in [0.1, 0.15) is 5.15 Å². The minimum Gasteiger partial charge on any atom is -0.258 e. The van der Waals surface area contributed by atoms with Crippen molar-refractivity contribution in [3.63, 3.8) is 0 Å². The molecule has 2 aromatic heterocycles. The first-order valence-corrected chi connectivity index (χ1v) is 9.43. The Labute approximate surface area is 176 Å². The zero-order valence-corrected chi connectivity index (χ0v) is 16.7. The lowest BCUT2D eigenvalue weighted by atomic mass is 10.1. The Morgan fingerprint density at radius 2 is 1.86 bits per heavy atom. The molecule has 144 valence electrons. The maximum atomic E-state index is 11.2. The van der Waals surface area contributed by atoms with Gasteiger partial charge in [0.2, 0.25) is 0 Å². The molecule has 0 aliphatic rings. The number of pyridine rings is 1. The fourth-order valence-corrected chi connectivity index (χ4v) is 3.57. The smallest absolute Gasteiger partial charge is 0.258 e. The highest BCUT2D eigenvalue weighted by atomic mass is 35.5. The zero-order valence-electron chi connectivity index (χ0n) is 15.2. The fourth-order valence-electron chi connectivity index (χ4n) is 3.05. The van der Waals surface area contributed by atoms with Crippen molar-refractivity contribution in [1.29, 1.82) is 0 Å². The van der Waals surface area contributed by atoms with Gasteiger partial charge < -0.3 is 0 Å². The highest BCUT2D eigenvalue weighted by molar-refractivity contribution is 6.32. The number of hydrogen-bond donors (Lipinski definition) is 0. The molecule has 0 N–H and O–H groups in total. The number of benzene rings is 2. The third kappa shape index (κ3) is 3.72. The van der Waals surface area contributed by atoms with Crippen LogP contribution in [0.1, 0.15) is 17.0 Å².